The van der Waals surface area contributed by atoms with Gasteiger partial charge in [0.1, 0.15) is 0 Å². The molecule has 1 aliphatic heterocycles. The van der Waals surface area contributed by atoms with Crippen molar-refractivity contribution < 1.29 is 9.90 Å². The minimum atomic E-state index is -0.249. The van der Waals surface area contributed by atoms with E-state index in [2.05, 4.69) is 31.4 Å². The lowest BCUT2D eigenvalue weighted by Gasteiger charge is -2.37. The molecule has 1 aliphatic rings. The minimum Gasteiger partial charge on any atom is -0.396 e. The van der Waals surface area contributed by atoms with Crippen LogP contribution in [0.3, 0.4) is 0 Å². The lowest BCUT2D eigenvalue weighted by molar-refractivity contribution is -0.133. The van der Waals surface area contributed by atoms with Gasteiger partial charge in [-0.3, -0.25) is 4.79 Å². The molecule has 3 N–H and O–H groups in total. The molecule has 1 heterocycles. The van der Waals surface area contributed by atoms with Gasteiger partial charge in [-0.2, -0.15) is 0 Å². The summed E-state index contributed by atoms with van der Waals surface area (Å²) in [4.78, 5) is 12.5. The molecular formula is C15H30N2O2. The SMILES string of the molecule is CCC(CC)(CO)CNC(=O)C1(CC)CCCNC1. The van der Waals surface area contributed by atoms with E-state index in [4.69, 9.17) is 0 Å². The summed E-state index contributed by atoms with van der Waals surface area (Å²) in [6.45, 7) is 8.74. The Bertz CT molecular complexity index is 274. The maximum absolute atomic E-state index is 12.5. The zero-order chi connectivity index (χ0) is 14.4. The molecule has 112 valence electrons. The number of aliphatic hydroxyl groups is 1. The highest BCUT2D eigenvalue weighted by molar-refractivity contribution is 5.83. The van der Waals surface area contributed by atoms with E-state index in [1.54, 1.807) is 0 Å². The number of nitrogens with one attached hydrogen (secondary N) is 2. The van der Waals surface area contributed by atoms with Crippen LogP contribution in [-0.4, -0.2) is 37.3 Å². The average Bonchev–Trinajstić information content (AvgIpc) is 2.49. The summed E-state index contributed by atoms with van der Waals surface area (Å²) < 4.78 is 0. The predicted octanol–water partition coefficient (Wildman–Crippen LogP) is 1.68. The average molecular weight is 270 g/mol. The van der Waals surface area contributed by atoms with Crippen molar-refractivity contribution in [3.05, 3.63) is 0 Å². The fraction of sp³-hybridized carbons (Fsp3) is 0.933. The van der Waals surface area contributed by atoms with Crippen molar-refractivity contribution in [3.8, 4) is 0 Å². The summed E-state index contributed by atoms with van der Waals surface area (Å²) in [5.74, 6) is 0.155. The lowest BCUT2D eigenvalue weighted by Crippen LogP contribution is -2.52. The van der Waals surface area contributed by atoms with Gasteiger partial charge in [0.2, 0.25) is 5.91 Å². The Labute approximate surface area is 117 Å². The van der Waals surface area contributed by atoms with Crippen LogP contribution in [0, 0.1) is 10.8 Å². The monoisotopic (exact) mass is 270 g/mol. The van der Waals surface area contributed by atoms with E-state index in [0.29, 0.717) is 6.54 Å². The summed E-state index contributed by atoms with van der Waals surface area (Å²) in [6, 6.07) is 0. The molecule has 4 heteroatoms. The molecule has 1 fully saturated rings. The fourth-order valence-corrected chi connectivity index (χ4v) is 2.86. The summed E-state index contributed by atoms with van der Waals surface area (Å²) in [6.07, 6.45) is 4.67. The van der Waals surface area contributed by atoms with Crippen LogP contribution in [-0.2, 0) is 4.79 Å². The second kappa shape index (κ2) is 7.25. The summed E-state index contributed by atoms with van der Waals surface area (Å²) in [7, 11) is 0. The molecule has 0 aromatic rings. The quantitative estimate of drug-likeness (QED) is 0.659. The Kier molecular flexibility index (Phi) is 6.27. The van der Waals surface area contributed by atoms with E-state index in [1.165, 1.54) is 0 Å². The van der Waals surface area contributed by atoms with Crippen molar-refractivity contribution in [1.29, 1.82) is 0 Å². The Balaban J connectivity index is 2.62. The van der Waals surface area contributed by atoms with E-state index in [0.717, 1.165) is 45.2 Å². The number of aliphatic hydroxyl groups excluding tert-OH is 1. The molecule has 4 nitrogen and oxygen atoms in total. The van der Waals surface area contributed by atoms with Gasteiger partial charge < -0.3 is 15.7 Å². The standard InChI is InChI=1S/C15H30N2O2/c1-4-14(5-2,12-18)10-17-13(19)15(6-3)8-7-9-16-11-15/h16,18H,4-12H2,1-3H3,(H,17,19). The first-order valence-corrected chi connectivity index (χ1v) is 7.68. The van der Waals surface area contributed by atoms with E-state index in [1.807, 2.05) is 0 Å². The van der Waals surface area contributed by atoms with Gasteiger partial charge in [0.25, 0.3) is 0 Å². The van der Waals surface area contributed by atoms with Crippen molar-refractivity contribution in [2.24, 2.45) is 10.8 Å². The summed E-state index contributed by atoms with van der Waals surface area (Å²) >= 11 is 0. The Morgan fingerprint density at radius 2 is 2.05 bits per heavy atom. The van der Waals surface area contributed by atoms with E-state index in [-0.39, 0.29) is 23.3 Å². The molecular weight excluding hydrogens is 240 g/mol. The highest BCUT2D eigenvalue weighted by Crippen LogP contribution is 2.31. The summed E-state index contributed by atoms with van der Waals surface area (Å²) in [5, 5.41) is 16.0. The van der Waals surface area contributed by atoms with Gasteiger partial charge in [0, 0.05) is 18.5 Å². The van der Waals surface area contributed by atoms with Crippen LogP contribution in [0.5, 0.6) is 0 Å². The van der Waals surface area contributed by atoms with Gasteiger partial charge >= 0.3 is 0 Å². The molecule has 1 unspecified atom stereocenters. The first-order valence-electron chi connectivity index (χ1n) is 7.68. The molecule has 0 aromatic carbocycles. The zero-order valence-corrected chi connectivity index (χ0v) is 12.7. The predicted molar refractivity (Wildman–Crippen MR) is 77.9 cm³/mol. The molecule has 1 rings (SSSR count). The molecule has 0 radical (unpaired) electrons. The minimum absolute atomic E-state index is 0.137. The third-order valence-electron chi connectivity index (χ3n) is 5.09. The highest BCUT2D eigenvalue weighted by atomic mass is 16.3. The molecule has 0 aromatic heterocycles. The summed E-state index contributed by atoms with van der Waals surface area (Å²) in [5.41, 5.74) is -0.409. The maximum Gasteiger partial charge on any atom is 0.227 e. The van der Waals surface area contributed by atoms with Gasteiger partial charge in [-0.15, -0.1) is 0 Å². The molecule has 1 amide bonds. The van der Waals surface area contributed by atoms with E-state index >= 15 is 0 Å². The van der Waals surface area contributed by atoms with Crippen LogP contribution in [0.2, 0.25) is 0 Å². The zero-order valence-electron chi connectivity index (χ0n) is 12.7. The number of amides is 1. The van der Waals surface area contributed by atoms with Crippen LogP contribution in [0.1, 0.15) is 52.9 Å². The molecule has 0 spiro atoms. The first-order chi connectivity index (χ1) is 9.08. The van der Waals surface area contributed by atoms with E-state index < -0.39 is 0 Å². The van der Waals surface area contributed by atoms with Gasteiger partial charge in [-0.1, -0.05) is 20.8 Å². The van der Waals surface area contributed by atoms with Crippen LogP contribution in [0.4, 0.5) is 0 Å². The number of hydrogen-bond donors (Lipinski definition) is 3. The van der Waals surface area contributed by atoms with Crippen LogP contribution >= 0.6 is 0 Å². The Morgan fingerprint density at radius 1 is 1.37 bits per heavy atom. The smallest absolute Gasteiger partial charge is 0.227 e. The topological polar surface area (TPSA) is 61.4 Å². The third kappa shape index (κ3) is 3.69. The molecule has 19 heavy (non-hydrogen) atoms. The van der Waals surface area contributed by atoms with Crippen molar-refractivity contribution in [2.75, 3.05) is 26.2 Å². The van der Waals surface area contributed by atoms with Crippen LogP contribution in [0.15, 0.2) is 0 Å². The molecule has 1 atom stereocenters. The van der Waals surface area contributed by atoms with Crippen molar-refractivity contribution in [1.82, 2.24) is 10.6 Å². The first kappa shape index (κ1) is 16.4. The van der Waals surface area contributed by atoms with Gasteiger partial charge in [0.15, 0.2) is 0 Å². The Hall–Kier alpha value is -0.610. The fourth-order valence-electron chi connectivity index (χ4n) is 2.86. The van der Waals surface area contributed by atoms with Gasteiger partial charge in [0.05, 0.1) is 12.0 Å². The normalized spacial score (nSPS) is 24.2. The van der Waals surface area contributed by atoms with Crippen LogP contribution in [0.25, 0.3) is 0 Å². The Morgan fingerprint density at radius 3 is 2.47 bits per heavy atom. The highest BCUT2D eigenvalue weighted by Gasteiger charge is 2.38. The maximum atomic E-state index is 12.5. The third-order valence-corrected chi connectivity index (χ3v) is 5.09. The largest absolute Gasteiger partial charge is 0.396 e. The second-order valence-electron chi connectivity index (χ2n) is 5.96. The number of carbonyl (C=O) groups is 1. The van der Waals surface area contributed by atoms with Crippen molar-refractivity contribution in [2.45, 2.75) is 52.9 Å². The lowest BCUT2D eigenvalue weighted by atomic mass is 9.76. The second-order valence-corrected chi connectivity index (χ2v) is 5.96. The number of hydrogen-bond acceptors (Lipinski definition) is 3. The molecule has 0 bridgehead atoms. The number of rotatable bonds is 7. The van der Waals surface area contributed by atoms with Crippen molar-refractivity contribution in [3.63, 3.8) is 0 Å². The molecule has 0 saturated carbocycles. The van der Waals surface area contributed by atoms with Gasteiger partial charge in [-0.25, -0.2) is 0 Å². The number of carbonyl (C=O) groups excluding carboxylic acids is 1. The van der Waals surface area contributed by atoms with Crippen LogP contribution < -0.4 is 10.6 Å². The van der Waals surface area contributed by atoms with Crippen molar-refractivity contribution >= 4 is 5.91 Å². The number of piperidine rings is 1. The molecule has 1 saturated heterocycles. The van der Waals surface area contributed by atoms with Gasteiger partial charge in [-0.05, 0) is 38.6 Å². The molecule has 0 aliphatic carbocycles. The van der Waals surface area contributed by atoms with E-state index in [9.17, 15) is 9.90 Å².